The summed E-state index contributed by atoms with van der Waals surface area (Å²) in [5, 5.41) is 5.37. The molecule has 3 atom stereocenters. The van der Waals surface area contributed by atoms with E-state index in [1.165, 1.54) is 0 Å². The molecule has 0 aromatic heterocycles. The summed E-state index contributed by atoms with van der Waals surface area (Å²) in [6, 6.07) is -0.484. The topological polar surface area (TPSA) is 101 Å². The van der Waals surface area contributed by atoms with Crippen molar-refractivity contribution >= 4 is 17.7 Å². The largest absolute Gasteiger partial charge is 0.351 e. The third-order valence-corrected chi connectivity index (χ3v) is 3.62. The monoisotopic (exact) mass is 239 g/mol. The van der Waals surface area contributed by atoms with E-state index in [1.54, 1.807) is 0 Å². The molecule has 6 nitrogen and oxygen atoms in total. The quantitative estimate of drug-likeness (QED) is 0.575. The predicted molar refractivity (Wildman–Crippen MR) is 60.0 cm³/mol. The summed E-state index contributed by atoms with van der Waals surface area (Å²) in [4.78, 5) is 33.6. The first kappa shape index (κ1) is 12.0. The molecule has 0 aromatic rings. The van der Waals surface area contributed by atoms with Crippen LogP contribution < -0.4 is 16.4 Å². The Bertz CT molecular complexity index is 356. The Labute approximate surface area is 99.3 Å². The van der Waals surface area contributed by atoms with E-state index < -0.39 is 6.03 Å². The standard InChI is InChI=1S/C11H17N3O3/c12-11(17)14-10(16)7-3-6-4-8(15)1-2-9(6)13-5-7/h6-7,9,13H,1-5H2,(H3,12,14,16,17). The van der Waals surface area contributed by atoms with Crippen LogP contribution in [0.4, 0.5) is 4.79 Å². The normalized spacial score (nSPS) is 32.7. The van der Waals surface area contributed by atoms with Gasteiger partial charge in [-0.3, -0.25) is 14.9 Å². The number of carbonyl (C=O) groups excluding carboxylic acids is 3. The number of Topliss-reactive ketones (excluding diaryl/α,β-unsaturated/α-hetero) is 1. The molecule has 2 aliphatic rings. The highest BCUT2D eigenvalue weighted by Gasteiger charge is 2.37. The second-order valence-corrected chi connectivity index (χ2v) is 4.84. The van der Waals surface area contributed by atoms with Gasteiger partial charge in [0, 0.05) is 25.4 Å². The Kier molecular flexibility index (Phi) is 3.42. The second-order valence-electron chi connectivity index (χ2n) is 4.84. The lowest BCUT2D eigenvalue weighted by atomic mass is 9.75. The first-order valence-electron chi connectivity index (χ1n) is 5.91. The molecule has 4 N–H and O–H groups in total. The summed E-state index contributed by atoms with van der Waals surface area (Å²) in [5.74, 6) is -0.131. The minimum atomic E-state index is -0.822. The summed E-state index contributed by atoms with van der Waals surface area (Å²) in [6.45, 7) is 0.550. The molecule has 1 saturated carbocycles. The van der Waals surface area contributed by atoms with Crippen LogP contribution in [0.15, 0.2) is 0 Å². The minimum absolute atomic E-state index is 0.216. The van der Waals surface area contributed by atoms with Gasteiger partial charge in [-0.15, -0.1) is 0 Å². The van der Waals surface area contributed by atoms with Crippen molar-refractivity contribution < 1.29 is 14.4 Å². The number of urea groups is 1. The molecule has 6 heteroatoms. The van der Waals surface area contributed by atoms with Crippen molar-refractivity contribution in [3.8, 4) is 0 Å². The van der Waals surface area contributed by atoms with Crippen molar-refractivity contribution in [3.63, 3.8) is 0 Å². The fraction of sp³-hybridized carbons (Fsp3) is 0.727. The van der Waals surface area contributed by atoms with Crippen LogP contribution in [0.2, 0.25) is 0 Å². The van der Waals surface area contributed by atoms with E-state index in [2.05, 4.69) is 10.6 Å². The van der Waals surface area contributed by atoms with Crippen LogP contribution >= 0.6 is 0 Å². The smallest absolute Gasteiger partial charge is 0.318 e. The number of hydrogen-bond acceptors (Lipinski definition) is 4. The first-order valence-corrected chi connectivity index (χ1v) is 5.91. The second kappa shape index (κ2) is 4.83. The molecule has 1 heterocycles. The molecule has 3 amide bonds. The lowest BCUT2D eigenvalue weighted by Crippen LogP contribution is -2.52. The molecule has 2 rings (SSSR count). The number of piperidine rings is 1. The maximum Gasteiger partial charge on any atom is 0.318 e. The van der Waals surface area contributed by atoms with Gasteiger partial charge in [0.25, 0.3) is 0 Å². The van der Waals surface area contributed by atoms with Crippen molar-refractivity contribution in [2.45, 2.75) is 31.7 Å². The Morgan fingerprint density at radius 3 is 2.88 bits per heavy atom. The number of nitrogens with two attached hydrogens (primary N) is 1. The molecule has 1 saturated heterocycles. The Morgan fingerprint density at radius 1 is 1.41 bits per heavy atom. The minimum Gasteiger partial charge on any atom is -0.351 e. The highest BCUT2D eigenvalue weighted by molar-refractivity contribution is 5.94. The Balaban J connectivity index is 1.93. The van der Waals surface area contributed by atoms with E-state index in [0.717, 1.165) is 6.42 Å². The van der Waals surface area contributed by atoms with Gasteiger partial charge in [-0.05, 0) is 18.8 Å². The molecule has 3 unspecified atom stereocenters. The van der Waals surface area contributed by atoms with Crippen LogP contribution in [-0.4, -0.2) is 30.3 Å². The van der Waals surface area contributed by atoms with Crippen LogP contribution in [-0.2, 0) is 9.59 Å². The molecule has 0 bridgehead atoms. The first-order chi connectivity index (χ1) is 8.06. The van der Waals surface area contributed by atoms with Crippen LogP contribution in [0.1, 0.15) is 25.7 Å². The number of rotatable bonds is 1. The number of nitrogens with one attached hydrogen (secondary N) is 2. The van der Waals surface area contributed by atoms with Gasteiger partial charge in [0.2, 0.25) is 5.91 Å². The van der Waals surface area contributed by atoms with Crippen LogP contribution in [0.25, 0.3) is 0 Å². The van der Waals surface area contributed by atoms with Crippen molar-refractivity contribution in [3.05, 3.63) is 0 Å². The molecular weight excluding hydrogens is 222 g/mol. The van der Waals surface area contributed by atoms with E-state index in [-0.39, 0.29) is 23.5 Å². The highest BCUT2D eigenvalue weighted by atomic mass is 16.2. The fourth-order valence-corrected chi connectivity index (χ4v) is 2.77. The summed E-state index contributed by atoms with van der Waals surface area (Å²) in [5.41, 5.74) is 4.91. The van der Waals surface area contributed by atoms with Crippen LogP contribution in [0.5, 0.6) is 0 Å². The summed E-state index contributed by atoms with van der Waals surface area (Å²) < 4.78 is 0. The Morgan fingerprint density at radius 2 is 2.18 bits per heavy atom. The lowest BCUT2D eigenvalue weighted by molar-refractivity contribution is -0.128. The molecular formula is C11H17N3O3. The Hall–Kier alpha value is -1.43. The molecule has 17 heavy (non-hydrogen) atoms. The van der Waals surface area contributed by atoms with E-state index in [9.17, 15) is 14.4 Å². The summed E-state index contributed by atoms with van der Waals surface area (Å²) >= 11 is 0. The molecule has 1 aliphatic carbocycles. The van der Waals surface area contributed by atoms with Gasteiger partial charge in [-0.1, -0.05) is 0 Å². The van der Waals surface area contributed by atoms with Gasteiger partial charge < -0.3 is 11.1 Å². The zero-order chi connectivity index (χ0) is 12.4. The van der Waals surface area contributed by atoms with Gasteiger partial charge in [0.1, 0.15) is 5.78 Å². The van der Waals surface area contributed by atoms with Gasteiger partial charge in [0.05, 0.1) is 5.92 Å². The van der Waals surface area contributed by atoms with Gasteiger partial charge in [-0.25, -0.2) is 4.79 Å². The van der Waals surface area contributed by atoms with Gasteiger partial charge in [0.15, 0.2) is 0 Å². The van der Waals surface area contributed by atoms with Crippen LogP contribution in [0, 0.1) is 11.8 Å². The average Bonchev–Trinajstić information content (AvgIpc) is 2.27. The number of fused-ring (bicyclic) bond motifs is 1. The SMILES string of the molecule is NC(=O)NC(=O)C1CNC2CCC(=O)CC2C1. The number of ketones is 1. The number of carbonyl (C=O) groups is 3. The molecule has 1 aliphatic heterocycles. The number of amides is 3. The van der Waals surface area contributed by atoms with Crippen molar-refractivity contribution in [1.82, 2.24) is 10.6 Å². The highest BCUT2D eigenvalue weighted by Crippen LogP contribution is 2.31. The van der Waals surface area contributed by atoms with E-state index in [0.29, 0.717) is 31.8 Å². The number of imide groups is 1. The predicted octanol–water partition coefficient (Wildman–Crippen LogP) is -0.471. The van der Waals surface area contributed by atoms with Crippen molar-refractivity contribution in [2.75, 3.05) is 6.54 Å². The third kappa shape index (κ3) is 2.82. The molecule has 2 fully saturated rings. The van der Waals surface area contributed by atoms with Gasteiger partial charge >= 0.3 is 6.03 Å². The maximum atomic E-state index is 11.6. The van der Waals surface area contributed by atoms with Gasteiger partial charge in [-0.2, -0.15) is 0 Å². The molecule has 0 aromatic carbocycles. The number of primary amides is 1. The summed E-state index contributed by atoms with van der Waals surface area (Å²) in [7, 11) is 0. The average molecular weight is 239 g/mol. The molecule has 0 radical (unpaired) electrons. The molecule has 94 valence electrons. The fourth-order valence-electron chi connectivity index (χ4n) is 2.77. The number of hydrogen-bond donors (Lipinski definition) is 3. The van der Waals surface area contributed by atoms with E-state index in [4.69, 9.17) is 5.73 Å². The lowest BCUT2D eigenvalue weighted by Gasteiger charge is -2.38. The zero-order valence-electron chi connectivity index (χ0n) is 9.57. The van der Waals surface area contributed by atoms with Crippen LogP contribution in [0.3, 0.4) is 0 Å². The van der Waals surface area contributed by atoms with Crippen molar-refractivity contribution in [2.24, 2.45) is 17.6 Å². The zero-order valence-corrected chi connectivity index (χ0v) is 9.57. The van der Waals surface area contributed by atoms with E-state index in [1.807, 2.05) is 0 Å². The van der Waals surface area contributed by atoms with Crippen molar-refractivity contribution in [1.29, 1.82) is 0 Å². The molecule has 0 spiro atoms. The summed E-state index contributed by atoms with van der Waals surface area (Å²) in [6.07, 6.45) is 2.68. The van der Waals surface area contributed by atoms with E-state index >= 15 is 0 Å². The third-order valence-electron chi connectivity index (χ3n) is 3.62. The maximum absolute atomic E-state index is 11.6.